The van der Waals surface area contributed by atoms with E-state index in [2.05, 4.69) is 146 Å². The molecule has 0 atom stereocenters. The van der Waals surface area contributed by atoms with Crippen molar-refractivity contribution >= 4 is 43.7 Å². The molecule has 0 aromatic heterocycles. The number of allylic oxidation sites excluding steroid dienone is 2. The van der Waals surface area contributed by atoms with Crippen molar-refractivity contribution in [2.24, 2.45) is 0 Å². The summed E-state index contributed by atoms with van der Waals surface area (Å²) in [5, 5.41) is 0. The zero-order valence-electron chi connectivity index (χ0n) is 43.7. The summed E-state index contributed by atoms with van der Waals surface area (Å²) in [6.45, 7) is 42.7. The van der Waals surface area contributed by atoms with Crippen LogP contribution in [0, 0.1) is 13.8 Å². The maximum Gasteiger partial charge on any atom is 2.00 e. The zero-order chi connectivity index (χ0) is 46.3. The topological polar surface area (TPSA) is 25.3 Å². The summed E-state index contributed by atoms with van der Waals surface area (Å²) in [7, 11) is -5.64. The van der Waals surface area contributed by atoms with Gasteiger partial charge in [0.2, 0.25) is 11.4 Å². The smallest absolute Gasteiger partial charge is 0.493 e. The molecule has 2 nitrogen and oxygen atoms in total. The summed E-state index contributed by atoms with van der Waals surface area (Å²) >= 11 is 0. The first-order chi connectivity index (χ1) is 29.2. The fourth-order valence-corrected chi connectivity index (χ4v) is 23.6. The first-order valence-electron chi connectivity index (χ1n) is 26.0. The Bertz CT molecular complexity index is 1510. The first-order valence-corrected chi connectivity index (χ1v) is 37.3. The Hall–Kier alpha value is -1.12. The molecule has 2 aromatic carbocycles. The van der Waals surface area contributed by atoms with E-state index in [0.29, 0.717) is 0 Å². The fraction of sp³-hybridized carbons (Fsp3) is 0.673. The predicted octanol–water partition coefficient (Wildman–Crippen LogP) is 18.9. The molecular weight excluding hydrogens is 860 g/mol. The van der Waals surface area contributed by atoms with Crippen molar-refractivity contribution in [1.82, 2.24) is 0 Å². The number of unbranched alkanes of at least 4 members (excludes halogenated alkanes) is 2. The molecule has 7 heteroatoms. The van der Waals surface area contributed by atoms with Crippen LogP contribution in [0.2, 0.25) is 72.5 Å². The van der Waals surface area contributed by atoms with Crippen molar-refractivity contribution < 1.29 is 21.2 Å². The summed E-state index contributed by atoms with van der Waals surface area (Å²) in [6, 6.07) is 36.4. The molecule has 3 rings (SSSR count). The molecule has 1 aliphatic rings. The largest absolute Gasteiger partial charge is 2.00 e. The van der Waals surface area contributed by atoms with Gasteiger partial charge in [-0.15, -0.1) is 0 Å². The molecular formula is C55H100N2NiSi4. The van der Waals surface area contributed by atoms with Crippen LogP contribution in [-0.2, 0) is 40.7 Å². The van der Waals surface area contributed by atoms with Gasteiger partial charge in [-0.1, -0.05) is 201 Å². The monoisotopic (exact) mass is 959 g/mol. The average Bonchev–Trinajstić information content (AvgIpc) is 3.61. The van der Waals surface area contributed by atoms with Gasteiger partial charge >= 0.3 is 16.5 Å². The summed E-state index contributed by atoms with van der Waals surface area (Å²) in [6.07, 6.45) is 9.01. The van der Waals surface area contributed by atoms with Crippen LogP contribution in [0.3, 0.4) is 0 Å². The Kier molecular flexibility index (Phi) is 30.4. The van der Waals surface area contributed by atoms with Gasteiger partial charge in [0.15, 0.2) is 0 Å². The number of nitrogens with zero attached hydrogens (tertiary/aromatic N) is 2. The molecule has 0 radical (unpaired) electrons. The second kappa shape index (κ2) is 31.0. The SMILES string of the molecule is CCCCCC1=C(c2cc(C[Si](CC)(CC)CC)cc(C[Si](CC)(CC)CC)c2)[N+](=[N-])C(c2cc(C[Si](CC)(CC)CC)cc(C[Si](CC)(CC)CC)c2)=C1.[CH2-]CC.[CH2-]CC.[Ni+2]. The quantitative estimate of drug-likeness (QED) is 0.0389. The Morgan fingerprint density at radius 2 is 0.710 bits per heavy atom. The van der Waals surface area contributed by atoms with Gasteiger partial charge < -0.3 is 19.4 Å². The van der Waals surface area contributed by atoms with Gasteiger partial charge in [0.05, 0.1) is 32.3 Å². The van der Waals surface area contributed by atoms with Crippen LogP contribution in [0.4, 0.5) is 0 Å². The third-order valence-electron chi connectivity index (χ3n) is 16.1. The number of hydrogen-bond acceptors (Lipinski definition) is 0. The summed E-state index contributed by atoms with van der Waals surface area (Å²) in [4.78, 5) is 0. The Labute approximate surface area is 402 Å². The molecule has 0 saturated heterocycles. The van der Waals surface area contributed by atoms with Crippen molar-refractivity contribution in [3.63, 3.8) is 0 Å². The van der Waals surface area contributed by atoms with Crippen molar-refractivity contribution in [3.05, 3.63) is 101 Å². The van der Waals surface area contributed by atoms with Crippen LogP contribution in [0.1, 0.15) is 176 Å². The minimum atomic E-state index is -1.41. The fourth-order valence-electron chi connectivity index (χ4n) is 10.3. The standard InChI is InChI=1S/C49H86N2Si4.2C3H7.Ni/c1-14-27-28-29-45-36-48(46-32-41(37-52(15-2,16-3)17-4)30-42(33-46)38-53(18-5,19-6)20-7)51(50)49(45)47-34-43(39-54(21-8,22-9)23-10)31-44(35-47)40-55(24-11,25-12)26-13;2*1-3-2;/h30-36H,14-29,37-40H2,1-13H3;2*1,3H2,2H3;/q;2*-1;+2. The minimum absolute atomic E-state index is 0. The van der Waals surface area contributed by atoms with Gasteiger partial charge in [-0.25, -0.2) is 4.70 Å². The maximum absolute atomic E-state index is 12.7. The van der Waals surface area contributed by atoms with Crippen LogP contribution in [0.15, 0.2) is 48.0 Å². The minimum Gasteiger partial charge on any atom is -0.493 e. The van der Waals surface area contributed by atoms with E-state index in [0.717, 1.165) is 37.1 Å². The molecule has 0 amide bonds. The number of rotatable bonds is 26. The second-order valence-corrected chi connectivity index (χ2v) is 41.1. The summed E-state index contributed by atoms with van der Waals surface area (Å²) in [5.41, 5.74) is 24.7. The molecule has 1 heterocycles. The van der Waals surface area contributed by atoms with Crippen LogP contribution in [-0.4, -0.2) is 37.0 Å². The molecule has 2 aromatic rings. The van der Waals surface area contributed by atoms with E-state index in [1.54, 1.807) is 4.70 Å². The van der Waals surface area contributed by atoms with Gasteiger partial charge in [0.1, 0.15) is 0 Å². The van der Waals surface area contributed by atoms with E-state index in [4.69, 9.17) is 0 Å². The van der Waals surface area contributed by atoms with Gasteiger partial charge in [0.25, 0.3) is 0 Å². The number of hydrogen-bond donors (Lipinski definition) is 0. The molecule has 0 bridgehead atoms. The van der Waals surface area contributed by atoms with Crippen LogP contribution >= 0.6 is 0 Å². The van der Waals surface area contributed by atoms with Gasteiger partial charge in [-0.2, -0.15) is 12.8 Å². The molecule has 0 N–H and O–H groups in total. The summed E-state index contributed by atoms with van der Waals surface area (Å²) < 4.78 is 1.66. The molecule has 62 heavy (non-hydrogen) atoms. The van der Waals surface area contributed by atoms with E-state index in [1.165, 1.54) is 149 Å². The van der Waals surface area contributed by atoms with E-state index in [9.17, 15) is 5.53 Å². The Morgan fingerprint density at radius 1 is 0.435 bits per heavy atom. The molecule has 1 aliphatic heterocycles. The van der Waals surface area contributed by atoms with E-state index in [1.807, 2.05) is 13.8 Å². The van der Waals surface area contributed by atoms with Crippen LogP contribution in [0.5, 0.6) is 0 Å². The Balaban J connectivity index is 0.00000501. The summed E-state index contributed by atoms with van der Waals surface area (Å²) in [5.74, 6) is 0. The number of benzene rings is 2. The van der Waals surface area contributed by atoms with Gasteiger partial charge in [0, 0.05) is 22.8 Å². The van der Waals surface area contributed by atoms with E-state index >= 15 is 0 Å². The van der Waals surface area contributed by atoms with E-state index in [-0.39, 0.29) is 16.5 Å². The zero-order valence-corrected chi connectivity index (χ0v) is 48.7. The molecule has 0 fully saturated rings. The Morgan fingerprint density at radius 3 is 0.968 bits per heavy atom. The molecule has 0 aliphatic carbocycles. The molecule has 0 saturated carbocycles. The molecule has 0 spiro atoms. The van der Waals surface area contributed by atoms with Gasteiger partial charge in [-0.3, -0.25) is 0 Å². The van der Waals surface area contributed by atoms with E-state index < -0.39 is 32.3 Å². The maximum atomic E-state index is 12.7. The van der Waals surface area contributed by atoms with Crippen LogP contribution in [0.25, 0.3) is 16.9 Å². The predicted molar refractivity (Wildman–Crippen MR) is 290 cm³/mol. The third kappa shape index (κ3) is 16.9. The van der Waals surface area contributed by atoms with Crippen LogP contribution < -0.4 is 0 Å². The molecule has 0 unspecified atom stereocenters. The normalized spacial score (nSPS) is 13.3. The molecule has 356 valence electrons. The third-order valence-corrected chi connectivity index (χ3v) is 38.7. The van der Waals surface area contributed by atoms with Crippen molar-refractivity contribution in [2.45, 2.75) is 239 Å². The van der Waals surface area contributed by atoms with Crippen molar-refractivity contribution in [2.75, 3.05) is 0 Å². The van der Waals surface area contributed by atoms with Crippen molar-refractivity contribution in [3.8, 4) is 0 Å². The first kappa shape index (κ1) is 60.9. The second-order valence-electron chi connectivity index (χ2n) is 19.2. The van der Waals surface area contributed by atoms with Gasteiger partial charge in [-0.05, 0) is 83.5 Å². The van der Waals surface area contributed by atoms with Crippen molar-refractivity contribution in [1.29, 1.82) is 0 Å². The average molecular weight is 960 g/mol.